The summed E-state index contributed by atoms with van der Waals surface area (Å²) < 4.78 is 78.0. The molecule has 0 spiro atoms. The maximum Gasteiger partial charge on any atom is 0.416 e. The van der Waals surface area contributed by atoms with Crippen molar-refractivity contribution in [3.8, 4) is 11.1 Å². The van der Waals surface area contributed by atoms with Gasteiger partial charge in [0.25, 0.3) is 5.56 Å². The lowest BCUT2D eigenvalue weighted by Crippen LogP contribution is -2.11. The Morgan fingerprint density at radius 3 is 2.04 bits per heavy atom. The summed E-state index contributed by atoms with van der Waals surface area (Å²) in [4.78, 5) is 17.5. The number of hydrogen-bond acceptors (Lipinski definition) is 2. The number of benzene rings is 2. The molecule has 0 unspecified atom stereocenters. The number of hydrogen-bond donors (Lipinski definition) is 1. The smallest absolute Gasteiger partial charge is 0.319 e. The molecule has 0 fully saturated rings. The van der Waals surface area contributed by atoms with E-state index in [2.05, 4.69) is 9.97 Å². The van der Waals surface area contributed by atoms with Gasteiger partial charge in [-0.25, -0.2) is 4.98 Å². The molecule has 3 rings (SSSR count). The topological polar surface area (TPSA) is 45.8 Å². The number of nitrogens with zero attached hydrogens (tertiary/aromatic N) is 1. The molecule has 2 aromatic carbocycles. The average Bonchev–Trinajstić information content (AvgIpc) is 2.53. The van der Waals surface area contributed by atoms with Crippen molar-refractivity contribution in [2.24, 2.45) is 0 Å². The molecule has 136 valence electrons. The second-order valence-corrected chi connectivity index (χ2v) is 5.74. The first-order valence-corrected chi connectivity index (χ1v) is 7.32. The van der Waals surface area contributed by atoms with Gasteiger partial charge in [0.15, 0.2) is 0 Å². The number of fused-ring (bicyclic) bond motifs is 1. The van der Waals surface area contributed by atoms with Gasteiger partial charge in [0, 0.05) is 5.56 Å². The molecule has 0 aliphatic heterocycles. The van der Waals surface area contributed by atoms with Gasteiger partial charge in [-0.3, -0.25) is 4.79 Å². The van der Waals surface area contributed by atoms with Gasteiger partial charge in [-0.2, -0.15) is 26.3 Å². The summed E-state index contributed by atoms with van der Waals surface area (Å²) in [7, 11) is 0. The predicted molar refractivity (Wildman–Crippen MR) is 82.8 cm³/mol. The molecule has 1 aromatic heterocycles. The van der Waals surface area contributed by atoms with Gasteiger partial charge in [-0.15, -0.1) is 0 Å². The highest BCUT2D eigenvalue weighted by Crippen LogP contribution is 2.40. The van der Waals surface area contributed by atoms with Gasteiger partial charge < -0.3 is 4.98 Å². The van der Waals surface area contributed by atoms with Crippen molar-refractivity contribution >= 4 is 22.6 Å². The molecule has 0 radical (unpaired) electrons. The minimum absolute atomic E-state index is 0.0359. The Hall–Kier alpha value is -2.55. The Balaban J connectivity index is 2.29. The van der Waals surface area contributed by atoms with E-state index in [1.807, 2.05) is 0 Å². The van der Waals surface area contributed by atoms with Gasteiger partial charge >= 0.3 is 12.4 Å². The summed E-state index contributed by atoms with van der Waals surface area (Å²) in [5.41, 5.74) is -3.62. The Kier molecular flexibility index (Phi) is 4.22. The van der Waals surface area contributed by atoms with Crippen LogP contribution in [0.4, 0.5) is 26.3 Å². The van der Waals surface area contributed by atoms with Crippen LogP contribution in [0.25, 0.3) is 22.2 Å². The van der Waals surface area contributed by atoms with Crippen LogP contribution in [0.1, 0.15) is 11.1 Å². The first-order chi connectivity index (χ1) is 12.0. The minimum atomic E-state index is -4.97. The van der Waals surface area contributed by atoms with Crippen LogP contribution < -0.4 is 5.56 Å². The van der Waals surface area contributed by atoms with Crippen molar-refractivity contribution in [3.05, 3.63) is 63.0 Å². The first kappa shape index (κ1) is 18.2. The molecule has 0 bridgehead atoms. The van der Waals surface area contributed by atoms with Gasteiger partial charge in [-0.1, -0.05) is 17.7 Å². The van der Waals surface area contributed by atoms with Crippen LogP contribution in [0.15, 0.2) is 41.3 Å². The normalized spacial score (nSPS) is 12.6. The Labute approximate surface area is 146 Å². The van der Waals surface area contributed by atoms with E-state index >= 15 is 0 Å². The van der Waals surface area contributed by atoms with E-state index in [1.165, 1.54) is 12.1 Å². The van der Waals surface area contributed by atoms with E-state index in [0.29, 0.717) is 12.1 Å². The maximum absolute atomic E-state index is 13.0. The summed E-state index contributed by atoms with van der Waals surface area (Å²) in [6.45, 7) is 0. The van der Waals surface area contributed by atoms with E-state index in [4.69, 9.17) is 11.6 Å². The summed E-state index contributed by atoms with van der Waals surface area (Å²) in [5.74, 6) is 0. The number of alkyl halides is 6. The van der Waals surface area contributed by atoms with Gasteiger partial charge in [-0.05, 0) is 29.8 Å². The van der Waals surface area contributed by atoms with Gasteiger partial charge in [0.2, 0.25) is 0 Å². The first-order valence-electron chi connectivity index (χ1n) is 6.94. The largest absolute Gasteiger partial charge is 0.416 e. The van der Waals surface area contributed by atoms with Crippen LogP contribution in [0.5, 0.6) is 0 Å². The van der Waals surface area contributed by atoms with Crippen LogP contribution in [0, 0.1) is 0 Å². The Bertz CT molecular complexity index is 1020. The van der Waals surface area contributed by atoms with Crippen molar-refractivity contribution in [3.63, 3.8) is 0 Å². The second kappa shape index (κ2) is 6.01. The van der Waals surface area contributed by atoms with Crippen LogP contribution >= 0.6 is 11.6 Å². The summed E-state index contributed by atoms with van der Waals surface area (Å²) in [5, 5.41) is -0.175. The van der Waals surface area contributed by atoms with Crippen LogP contribution in [-0.4, -0.2) is 9.97 Å². The number of nitrogens with one attached hydrogen (secondary N) is 1. The molecular weight excluding hydrogens is 386 g/mol. The summed E-state index contributed by atoms with van der Waals surface area (Å²) in [6, 6.07) is 3.71. The molecule has 26 heavy (non-hydrogen) atoms. The third kappa shape index (κ3) is 3.39. The summed E-state index contributed by atoms with van der Waals surface area (Å²) in [6.07, 6.45) is -9.03. The lowest BCUT2D eigenvalue weighted by molar-refractivity contribution is -0.143. The predicted octanol–water partition coefficient (Wildman–Crippen LogP) is 5.28. The van der Waals surface area contributed by atoms with E-state index in [1.54, 1.807) is 0 Å². The lowest BCUT2D eigenvalue weighted by atomic mass is 9.98. The molecule has 1 N–H and O–H groups in total. The molecule has 0 atom stereocenters. The third-order valence-corrected chi connectivity index (χ3v) is 3.97. The van der Waals surface area contributed by atoms with Crippen molar-refractivity contribution in [2.75, 3.05) is 0 Å². The van der Waals surface area contributed by atoms with E-state index < -0.39 is 29.0 Å². The number of aromatic amines is 1. The van der Waals surface area contributed by atoms with Crippen LogP contribution in [0.2, 0.25) is 5.02 Å². The number of aromatic nitrogens is 2. The molecule has 0 saturated heterocycles. The van der Waals surface area contributed by atoms with Crippen LogP contribution in [-0.2, 0) is 12.4 Å². The Morgan fingerprint density at radius 1 is 0.923 bits per heavy atom. The Morgan fingerprint density at radius 2 is 1.50 bits per heavy atom. The third-order valence-electron chi connectivity index (χ3n) is 3.58. The number of halogens is 7. The maximum atomic E-state index is 13.0. The molecular formula is C16H7ClF6N2O. The van der Waals surface area contributed by atoms with Crippen molar-refractivity contribution in [1.29, 1.82) is 0 Å². The molecule has 0 aliphatic carbocycles. The highest BCUT2D eigenvalue weighted by Gasteiger charge is 2.37. The van der Waals surface area contributed by atoms with Crippen molar-refractivity contribution < 1.29 is 26.3 Å². The van der Waals surface area contributed by atoms with Crippen molar-refractivity contribution in [2.45, 2.75) is 12.4 Å². The number of rotatable bonds is 1. The fourth-order valence-corrected chi connectivity index (χ4v) is 2.74. The fourth-order valence-electron chi connectivity index (χ4n) is 2.41. The summed E-state index contributed by atoms with van der Waals surface area (Å²) >= 11 is 6.11. The highest BCUT2D eigenvalue weighted by atomic mass is 35.5. The van der Waals surface area contributed by atoms with Gasteiger partial charge in [0.1, 0.15) is 5.52 Å². The quantitative estimate of drug-likeness (QED) is 0.573. The standard InChI is InChI=1S/C16H7ClF6N2O/c17-13-10(1-2-11-14(13)24-6-12(26)25-11)7-3-8(15(18,19)20)5-9(4-7)16(21,22)23/h1-6H,(H,25,26). The number of H-pyrrole nitrogens is 1. The monoisotopic (exact) mass is 392 g/mol. The average molecular weight is 393 g/mol. The second-order valence-electron chi connectivity index (χ2n) is 5.37. The molecule has 3 nitrogen and oxygen atoms in total. The molecule has 0 aliphatic rings. The van der Waals surface area contributed by atoms with Crippen molar-refractivity contribution in [1.82, 2.24) is 9.97 Å². The molecule has 10 heteroatoms. The highest BCUT2D eigenvalue weighted by molar-refractivity contribution is 6.37. The zero-order valence-corrected chi connectivity index (χ0v) is 13.2. The lowest BCUT2D eigenvalue weighted by Gasteiger charge is -2.15. The zero-order chi connectivity index (χ0) is 19.3. The van der Waals surface area contributed by atoms with E-state index in [-0.39, 0.29) is 33.2 Å². The molecule has 0 saturated carbocycles. The molecule has 3 aromatic rings. The van der Waals surface area contributed by atoms with Crippen LogP contribution in [0.3, 0.4) is 0 Å². The molecule has 0 amide bonds. The zero-order valence-electron chi connectivity index (χ0n) is 12.5. The van der Waals surface area contributed by atoms with E-state index in [0.717, 1.165) is 6.20 Å². The van der Waals surface area contributed by atoms with E-state index in [9.17, 15) is 31.1 Å². The minimum Gasteiger partial charge on any atom is -0.319 e. The molecule has 1 heterocycles. The fraction of sp³-hybridized carbons (Fsp3) is 0.125. The van der Waals surface area contributed by atoms with Gasteiger partial charge in [0.05, 0.1) is 27.9 Å². The SMILES string of the molecule is O=c1cnc2c(Cl)c(-c3cc(C(F)(F)F)cc(C(F)(F)F)c3)ccc2[nH]1.